The Morgan fingerprint density at radius 2 is 1.68 bits per heavy atom. The number of benzene rings is 2. The van der Waals surface area contributed by atoms with E-state index in [2.05, 4.69) is 16.0 Å². The molecule has 0 unspecified atom stereocenters. The minimum Gasteiger partial charge on any atom is -0.355 e. The molecular weight excluding hydrogens is 342 g/mol. The van der Waals surface area contributed by atoms with Crippen LogP contribution in [-0.4, -0.2) is 31.3 Å². The Labute approximate surface area is 150 Å². The van der Waals surface area contributed by atoms with Crippen LogP contribution in [0.4, 0.5) is 5.69 Å². The summed E-state index contributed by atoms with van der Waals surface area (Å²) in [5.41, 5.74) is 1.45. The summed E-state index contributed by atoms with van der Waals surface area (Å²) in [6, 6.07) is 13.1. The van der Waals surface area contributed by atoms with Crippen LogP contribution in [0.3, 0.4) is 0 Å². The van der Waals surface area contributed by atoms with Crippen LogP contribution in [0.1, 0.15) is 27.1 Å². The Balaban J connectivity index is 1.82. The molecule has 25 heavy (non-hydrogen) atoms. The molecule has 0 saturated heterocycles. The number of nitrogens with one attached hydrogen (secondary N) is 3. The van der Waals surface area contributed by atoms with Crippen molar-refractivity contribution in [3.63, 3.8) is 0 Å². The maximum atomic E-state index is 11.9. The lowest BCUT2D eigenvalue weighted by molar-refractivity contribution is -0.116. The highest BCUT2D eigenvalue weighted by atomic mass is 35.5. The maximum Gasteiger partial charge on any atom is 0.251 e. The van der Waals surface area contributed by atoms with Gasteiger partial charge in [0.1, 0.15) is 0 Å². The van der Waals surface area contributed by atoms with Crippen LogP contribution < -0.4 is 16.0 Å². The molecule has 0 bridgehead atoms. The second-order valence-corrected chi connectivity index (χ2v) is 5.66. The van der Waals surface area contributed by atoms with Gasteiger partial charge in [0.15, 0.2) is 0 Å². The lowest BCUT2D eigenvalue weighted by Crippen LogP contribution is -2.27. The Morgan fingerprint density at radius 1 is 0.960 bits per heavy atom. The summed E-state index contributed by atoms with van der Waals surface area (Å²) in [7, 11) is 1.54. The molecule has 0 heterocycles. The normalized spacial score (nSPS) is 10.0. The largest absolute Gasteiger partial charge is 0.355 e. The van der Waals surface area contributed by atoms with Gasteiger partial charge in [-0.05, 0) is 42.5 Å². The highest BCUT2D eigenvalue weighted by molar-refractivity contribution is 6.30. The summed E-state index contributed by atoms with van der Waals surface area (Å²) in [5.74, 6) is -0.761. The molecule has 2 aromatic rings. The third kappa shape index (κ3) is 5.61. The molecule has 0 atom stereocenters. The minimum atomic E-state index is -0.272. The van der Waals surface area contributed by atoms with Crippen molar-refractivity contribution in [2.24, 2.45) is 0 Å². The molecule has 3 N–H and O–H groups in total. The molecule has 2 aromatic carbocycles. The van der Waals surface area contributed by atoms with E-state index in [0.717, 1.165) is 0 Å². The third-order valence-electron chi connectivity index (χ3n) is 3.38. The average Bonchev–Trinajstić information content (AvgIpc) is 2.61. The first-order valence-corrected chi connectivity index (χ1v) is 8.03. The predicted octanol–water partition coefficient (Wildman–Crippen LogP) is 2.46. The number of hydrogen-bond donors (Lipinski definition) is 3. The van der Waals surface area contributed by atoms with E-state index < -0.39 is 0 Å². The van der Waals surface area contributed by atoms with E-state index >= 15 is 0 Å². The van der Waals surface area contributed by atoms with E-state index in [0.29, 0.717) is 21.8 Å². The second-order valence-electron chi connectivity index (χ2n) is 5.22. The van der Waals surface area contributed by atoms with Gasteiger partial charge in [0.2, 0.25) is 5.91 Å². The van der Waals surface area contributed by atoms with Crippen molar-refractivity contribution < 1.29 is 14.4 Å². The summed E-state index contributed by atoms with van der Waals surface area (Å²) < 4.78 is 0. The number of hydrogen-bond acceptors (Lipinski definition) is 3. The van der Waals surface area contributed by atoms with Crippen LogP contribution in [-0.2, 0) is 4.79 Å². The van der Waals surface area contributed by atoms with E-state index in [1.165, 1.54) is 7.05 Å². The third-order valence-corrected chi connectivity index (χ3v) is 3.63. The summed E-state index contributed by atoms with van der Waals surface area (Å²) in [6.07, 6.45) is 0.115. The molecule has 7 heteroatoms. The predicted molar refractivity (Wildman–Crippen MR) is 96.9 cm³/mol. The SMILES string of the molecule is CNC(=O)c1cccc(NC(=O)CCNC(=O)c2ccc(Cl)cc2)c1. The fraction of sp³-hybridized carbons (Fsp3) is 0.167. The fourth-order valence-corrected chi connectivity index (χ4v) is 2.22. The Morgan fingerprint density at radius 3 is 2.36 bits per heavy atom. The zero-order valence-corrected chi connectivity index (χ0v) is 14.4. The van der Waals surface area contributed by atoms with Gasteiger partial charge in [-0.1, -0.05) is 17.7 Å². The van der Waals surface area contributed by atoms with E-state index in [-0.39, 0.29) is 30.7 Å². The number of carbonyl (C=O) groups is 3. The first-order valence-electron chi connectivity index (χ1n) is 7.65. The zero-order valence-electron chi connectivity index (χ0n) is 13.6. The first-order chi connectivity index (χ1) is 12.0. The van der Waals surface area contributed by atoms with Crippen LogP contribution >= 0.6 is 11.6 Å². The van der Waals surface area contributed by atoms with Gasteiger partial charge in [-0.25, -0.2) is 0 Å². The number of rotatable bonds is 6. The molecular formula is C18H18ClN3O3. The lowest BCUT2D eigenvalue weighted by Gasteiger charge is -2.08. The van der Waals surface area contributed by atoms with Gasteiger partial charge in [0.25, 0.3) is 11.8 Å². The van der Waals surface area contributed by atoms with Gasteiger partial charge < -0.3 is 16.0 Å². The molecule has 2 rings (SSSR count). The van der Waals surface area contributed by atoms with Crippen molar-refractivity contribution in [1.82, 2.24) is 10.6 Å². The average molecular weight is 360 g/mol. The minimum absolute atomic E-state index is 0.115. The molecule has 0 aliphatic heterocycles. The summed E-state index contributed by atoms with van der Waals surface area (Å²) in [6.45, 7) is 0.197. The van der Waals surface area contributed by atoms with Crippen LogP contribution in [0, 0.1) is 0 Å². The molecule has 0 saturated carbocycles. The maximum absolute atomic E-state index is 11.9. The molecule has 0 aromatic heterocycles. The van der Waals surface area contributed by atoms with Crippen molar-refractivity contribution in [3.8, 4) is 0 Å². The van der Waals surface area contributed by atoms with E-state index in [4.69, 9.17) is 11.6 Å². The molecule has 6 nitrogen and oxygen atoms in total. The van der Waals surface area contributed by atoms with Gasteiger partial charge in [0, 0.05) is 41.9 Å². The smallest absolute Gasteiger partial charge is 0.251 e. The summed E-state index contributed by atoms with van der Waals surface area (Å²) in [4.78, 5) is 35.4. The fourth-order valence-electron chi connectivity index (χ4n) is 2.10. The number of carbonyl (C=O) groups excluding carboxylic acids is 3. The number of amides is 3. The van der Waals surface area contributed by atoms with Gasteiger partial charge in [-0.15, -0.1) is 0 Å². The van der Waals surface area contributed by atoms with Crippen LogP contribution in [0.25, 0.3) is 0 Å². The Hall–Kier alpha value is -2.86. The highest BCUT2D eigenvalue weighted by Crippen LogP contribution is 2.11. The Bertz CT molecular complexity index is 775. The van der Waals surface area contributed by atoms with Gasteiger partial charge in [0.05, 0.1) is 0 Å². The van der Waals surface area contributed by atoms with Crippen LogP contribution in [0.5, 0.6) is 0 Å². The zero-order chi connectivity index (χ0) is 18.2. The van der Waals surface area contributed by atoms with Crippen molar-refractivity contribution >= 4 is 35.0 Å². The Kier molecular flexibility index (Phi) is 6.54. The van der Waals surface area contributed by atoms with Gasteiger partial charge in [-0.3, -0.25) is 14.4 Å². The van der Waals surface area contributed by atoms with Crippen molar-refractivity contribution in [3.05, 3.63) is 64.7 Å². The van der Waals surface area contributed by atoms with Crippen molar-refractivity contribution in [2.45, 2.75) is 6.42 Å². The first kappa shape index (κ1) is 18.5. The van der Waals surface area contributed by atoms with Crippen LogP contribution in [0.15, 0.2) is 48.5 Å². The molecule has 130 valence electrons. The number of halogens is 1. The van der Waals surface area contributed by atoms with E-state index in [1.807, 2.05) is 0 Å². The van der Waals surface area contributed by atoms with E-state index in [9.17, 15) is 14.4 Å². The molecule has 0 spiro atoms. The molecule has 0 aliphatic rings. The highest BCUT2D eigenvalue weighted by Gasteiger charge is 2.08. The molecule has 0 radical (unpaired) electrons. The topological polar surface area (TPSA) is 87.3 Å². The summed E-state index contributed by atoms with van der Waals surface area (Å²) in [5, 5.41) is 8.43. The quantitative estimate of drug-likeness (QED) is 0.740. The van der Waals surface area contributed by atoms with Crippen molar-refractivity contribution in [1.29, 1.82) is 0 Å². The van der Waals surface area contributed by atoms with E-state index in [1.54, 1.807) is 48.5 Å². The van der Waals surface area contributed by atoms with Crippen LogP contribution in [0.2, 0.25) is 5.02 Å². The number of anilines is 1. The second kappa shape index (κ2) is 8.84. The van der Waals surface area contributed by atoms with Gasteiger partial charge in [-0.2, -0.15) is 0 Å². The standard InChI is InChI=1S/C18H18ClN3O3/c1-20-17(24)13-3-2-4-15(11-13)22-16(23)9-10-21-18(25)12-5-7-14(19)8-6-12/h2-8,11H,9-10H2,1H3,(H,20,24)(H,21,25)(H,22,23). The lowest BCUT2D eigenvalue weighted by atomic mass is 10.2. The van der Waals surface area contributed by atoms with Crippen molar-refractivity contribution in [2.75, 3.05) is 18.9 Å². The monoisotopic (exact) mass is 359 g/mol. The molecule has 0 fully saturated rings. The van der Waals surface area contributed by atoms with Gasteiger partial charge >= 0.3 is 0 Å². The molecule has 3 amide bonds. The molecule has 0 aliphatic carbocycles. The summed E-state index contributed by atoms with van der Waals surface area (Å²) >= 11 is 5.77.